The summed E-state index contributed by atoms with van der Waals surface area (Å²) in [7, 11) is 2.01. The van der Waals surface area contributed by atoms with Crippen LogP contribution in [0.25, 0.3) is 0 Å². The van der Waals surface area contributed by atoms with Gasteiger partial charge in [-0.2, -0.15) is 0 Å². The molecule has 1 fully saturated rings. The molecule has 16 heavy (non-hydrogen) atoms. The molecule has 1 aromatic heterocycles. The van der Waals surface area contributed by atoms with Gasteiger partial charge in [0.1, 0.15) is 0 Å². The topological polar surface area (TPSA) is 33.3 Å². The zero-order valence-corrected chi connectivity index (χ0v) is 11.7. The summed E-state index contributed by atoms with van der Waals surface area (Å²) in [5, 5.41) is 8.85. The zero-order valence-electron chi connectivity index (χ0n) is 9.33. The number of hydrogen-bond donors (Lipinski definition) is 2. The van der Waals surface area contributed by atoms with Crippen molar-refractivity contribution in [3.05, 3.63) is 20.8 Å². The molecule has 0 amide bonds. The highest BCUT2D eigenvalue weighted by Gasteiger charge is 2.20. The van der Waals surface area contributed by atoms with Crippen LogP contribution in [0.2, 0.25) is 0 Å². The van der Waals surface area contributed by atoms with Gasteiger partial charge < -0.3 is 15.4 Å². The van der Waals surface area contributed by atoms with Crippen molar-refractivity contribution in [1.82, 2.24) is 10.6 Å². The summed E-state index contributed by atoms with van der Waals surface area (Å²) in [6.45, 7) is 2.77. The minimum absolute atomic E-state index is 0.326. The second-order valence-corrected chi connectivity index (χ2v) is 5.80. The van der Waals surface area contributed by atoms with Crippen molar-refractivity contribution >= 4 is 27.3 Å². The van der Waals surface area contributed by atoms with Crippen molar-refractivity contribution in [2.75, 3.05) is 26.7 Å². The molecule has 0 aromatic carbocycles. The van der Waals surface area contributed by atoms with Crippen molar-refractivity contribution in [3.63, 3.8) is 0 Å². The Balaban J connectivity index is 1.94. The van der Waals surface area contributed by atoms with Gasteiger partial charge in [-0.3, -0.25) is 0 Å². The van der Waals surface area contributed by atoms with E-state index in [1.54, 1.807) is 11.3 Å². The smallest absolute Gasteiger partial charge is 0.0718 e. The molecule has 0 saturated carbocycles. The lowest BCUT2D eigenvalue weighted by Gasteiger charge is -2.27. The third-order valence-electron chi connectivity index (χ3n) is 2.78. The van der Waals surface area contributed by atoms with Gasteiger partial charge in [-0.1, -0.05) is 0 Å². The average molecular weight is 305 g/mol. The van der Waals surface area contributed by atoms with Crippen LogP contribution in [-0.4, -0.2) is 32.8 Å². The van der Waals surface area contributed by atoms with Gasteiger partial charge >= 0.3 is 0 Å². The fraction of sp³-hybridized carbons (Fsp3) is 0.636. The molecular weight excluding hydrogens is 288 g/mol. The van der Waals surface area contributed by atoms with E-state index in [-0.39, 0.29) is 0 Å². The standard InChI is InChI=1S/C11H17BrN2OS/c1-13-10(11-4-8(12)7-16-11)5-9-6-14-2-3-15-9/h4,7,9-10,13-14H,2-3,5-6H2,1H3. The van der Waals surface area contributed by atoms with E-state index in [4.69, 9.17) is 4.74 Å². The lowest BCUT2D eigenvalue weighted by Crippen LogP contribution is -2.40. The molecule has 0 bridgehead atoms. The van der Waals surface area contributed by atoms with Crippen molar-refractivity contribution in [2.45, 2.75) is 18.6 Å². The molecule has 3 nitrogen and oxygen atoms in total. The maximum Gasteiger partial charge on any atom is 0.0718 e. The van der Waals surface area contributed by atoms with Gasteiger partial charge in [-0.05, 0) is 35.5 Å². The molecule has 5 heteroatoms. The van der Waals surface area contributed by atoms with E-state index in [9.17, 15) is 0 Å². The van der Waals surface area contributed by atoms with Gasteiger partial charge in [0.15, 0.2) is 0 Å². The summed E-state index contributed by atoms with van der Waals surface area (Å²) < 4.78 is 6.89. The second-order valence-electron chi connectivity index (χ2n) is 3.94. The first-order chi connectivity index (χ1) is 7.79. The molecule has 2 N–H and O–H groups in total. The molecule has 1 aliphatic heterocycles. The van der Waals surface area contributed by atoms with Crippen LogP contribution < -0.4 is 10.6 Å². The largest absolute Gasteiger partial charge is 0.376 e. The Hall–Kier alpha value is 0.0600. The fourth-order valence-corrected chi connectivity index (χ4v) is 3.49. The fourth-order valence-electron chi connectivity index (χ4n) is 1.92. The highest BCUT2D eigenvalue weighted by Crippen LogP contribution is 2.28. The molecule has 2 atom stereocenters. The summed E-state index contributed by atoms with van der Waals surface area (Å²) in [6, 6.07) is 2.57. The van der Waals surface area contributed by atoms with Crippen molar-refractivity contribution < 1.29 is 4.74 Å². The van der Waals surface area contributed by atoms with Crippen molar-refractivity contribution in [2.24, 2.45) is 0 Å². The van der Waals surface area contributed by atoms with Gasteiger partial charge in [-0.15, -0.1) is 11.3 Å². The normalized spacial score (nSPS) is 23.2. The Bertz CT molecular complexity index is 326. The van der Waals surface area contributed by atoms with Crippen LogP contribution >= 0.6 is 27.3 Å². The first-order valence-corrected chi connectivity index (χ1v) is 7.20. The third kappa shape index (κ3) is 3.28. The number of ether oxygens (including phenoxy) is 1. The van der Waals surface area contributed by atoms with E-state index in [0.29, 0.717) is 12.1 Å². The molecule has 0 radical (unpaired) electrons. The van der Waals surface area contributed by atoms with Gasteiger partial charge in [0.2, 0.25) is 0 Å². The van der Waals surface area contributed by atoms with Crippen LogP contribution in [0.1, 0.15) is 17.3 Å². The zero-order chi connectivity index (χ0) is 11.4. The Morgan fingerprint density at radius 3 is 3.19 bits per heavy atom. The maximum absolute atomic E-state index is 5.73. The predicted molar refractivity (Wildman–Crippen MR) is 71.0 cm³/mol. The molecule has 2 unspecified atom stereocenters. The van der Waals surface area contributed by atoms with Crippen LogP contribution in [0.4, 0.5) is 0 Å². The maximum atomic E-state index is 5.73. The van der Waals surface area contributed by atoms with Crippen LogP contribution in [-0.2, 0) is 4.74 Å². The number of thiophene rings is 1. The van der Waals surface area contributed by atoms with Crippen molar-refractivity contribution in [1.29, 1.82) is 0 Å². The van der Waals surface area contributed by atoms with Crippen LogP contribution in [0.3, 0.4) is 0 Å². The first-order valence-electron chi connectivity index (χ1n) is 5.53. The lowest BCUT2D eigenvalue weighted by atomic mass is 10.1. The minimum Gasteiger partial charge on any atom is -0.376 e. The molecule has 2 rings (SSSR count). The minimum atomic E-state index is 0.326. The van der Waals surface area contributed by atoms with E-state index in [1.165, 1.54) is 4.88 Å². The first kappa shape index (κ1) is 12.5. The second kappa shape index (κ2) is 6.12. The van der Waals surface area contributed by atoms with Crippen LogP contribution in [0, 0.1) is 0 Å². The number of nitrogens with one attached hydrogen (secondary N) is 2. The summed E-state index contributed by atoms with van der Waals surface area (Å²) in [4.78, 5) is 1.36. The van der Waals surface area contributed by atoms with E-state index in [1.807, 2.05) is 7.05 Å². The highest BCUT2D eigenvalue weighted by molar-refractivity contribution is 9.10. The highest BCUT2D eigenvalue weighted by atomic mass is 79.9. The van der Waals surface area contributed by atoms with Crippen LogP contribution in [0.5, 0.6) is 0 Å². The van der Waals surface area contributed by atoms with E-state index < -0.39 is 0 Å². The summed E-state index contributed by atoms with van der Waals surface area (Å²) in [5.74, 6) is 0. The molecule has 2 heterocycles. The summed E-state index contributed by atoms with van der Waals surface area (Å²) >= 11 is 5.28. The van der Waals surface area contributed by atoms with Gasteiger partial charge in [0.25, 0.3) is 0 Å². The Kier molecular flexibility index (Phi) is 4.79. The number of halogens is 1. The van der Waals surface area contributed by atoms with E-state index in [2.05, 4.69) is 38.0 Å². The number of morpholine rings is 1. The molecule has 1 saturated heterocycles. The number of rotatable bonds is 4. The Morgan fingerprint density at radius 1 is 1.75 bits per heavy atom. The van der Waals surface area contributed by atoms with Crippen LogP contribution in [0.15, 0.2) is 15.9 Å². The summed E-state index contributed by atoms with van der Waals surface area (Å²) in [5.41, 5.74) is 0. The molecule has 1 aliphatic rings. The predicted octanol–water partition coefficient (Wildman–Crippen LogP) is 2.15. The Morgan fingerprint density at radius 2 is 2.62 bits per heavy atom. The van der Waals surface area contributed by atoms with Gasteiger partial charge in [-0.25, -0.2) is 0 Å². The molecule has 0 spiro atoms. The van der Waals surface area contributed by atoms with Gasteiger partial charge in [0, 0.05) is 33.9 Å². The van der Waals surface area contributed by atoms with E-state index >= 15 is 0 Å². The average Bonchev–Trinajstić information content (AvgIpc) is 2.74. The monoisotopic (exact) mass is 304 g/mol. The quantitative estimate of drug-likeness (QED) is 0.894. The van der Waals surface area contributed by atoms with Crippen molar-refractivity contribution in [3.8, 4) is 0 Å². The molecule has 90 valence electrons. The van der Waals surface area contributed by atoms with E-state index in [0.717, 1.165) is 30.6 Å². The lowest BCUT2D eigenvalue weighted by molar-refractivity contribution is 0.0178. The third-order valence-corrected chi connectivity index (χ3v) is 4.59. The van der Waals surface area contributed by atoms with Gasteiger partial charge in [0.05, 0.1) is 12.7 Å². The summed E-state index contributed by atoms with van der Waals surface area (Å²) in [6.07, 6.45) is 1.35. The molecule has 0 aliphatic carbocycles. The molecular formula is C11H17BrN2OS. The molecule has 1 aromatic rings. The SMILES string of the molecule is CNC(CC1CNCCO1)c1cc(Br)cs1. The number of hydrogen-bond acceptors (Lipinski definition) is 4. The Labute approximate surface area is 109 Å².